The Bertz CT molecular complexity index is 1030. The summed E-state index contributed by atoms with van der Waals surface area (Å²) in [6.07, 6.45) is 0. The number of rotatable bonds is 8. The van der Waals surface area contributed by atoms with E-state index in [1.807, 2.05) is 61.5 Å². The monoisotopic (exact) mass is 406 g/mol. The van der Waals surface area contributed by atoms with E-state index in [0.29, 0.717) is 31.0 Å². The predicted octanol–water partition coefficient (Wildman–Crippen LogP) is 3.68. The van der Waals surface area contributed by atoms with Crippen molar-refractivity contribution in [3.05, 3.63) is 77.0 Å². The summed E-state index contributed by atoms with van der Waals surface area (Å²) in [5.74, 6) is -0.809. The van der Waals surface area contributed by atoms with E-state index >= 15 is 0 Å². The van der Waals surface area contributed by atoms with Crippen LogP contribution in [-0.4, -0.2) is 48.6 Å². The standard InChI is InChI=1S/C24H26N2O4/c1-17-20-11-7-8-12-21(20)25-18(2)23(17)24(28)30-16-22(27)26(13-14-29-3)15-19-9-5-4-6-10-19/h4-12H,13-16H2,1-3H3. The summed E-state index contributed by atoms with van der Waals surface area (Å²) in [6.45, 7) is 4.56. The van der Waals surface area contributed by atoms with Gasteiger partial charge in [-0.3, -0.25) is 9.78 Å². The number of amides is 1. The molecule has 0 saturated carbocycles. The van der Waals surface area contributed by atoms with Crippen LogP contribution < -0.4 is 0 Å². The first-order chi connectivity index (χ1) is 14.5. The van der Waals surface area contributed by atoms with E-state index in [1.165, 1.54) is 0 Å². The van der Waals surface area contributed by atoms with Gasteiger partial charge in [0.25, 0.3) is 5.91 Å². The van der Waals surface area contributed by atoms with Gasteiger partial charge in [0.1, 0.15) is 0 Å². The Hall–Kier alpha value is -3.25. The molecular formula is C24H26N2O4. The minimum atomic E-state index is -0.539. The van der Waals surface area contributed by atoms with E-state index in [-0.39, 0.29) is 12.5 Å². The average Bonchev–Trinajstić information content (AvgIpc) is 2.75. The predicted molar refractivity (Wildman–Crippen MR) is 115 cm³/mol. The van der Waals surface area contributed by atoms with E-state index < -0.39 is 5.97 Å². The number of ether oxygens (including phenoxy) is 2. The lowest BCUT2D eigenvalue weighted by molar-refractivity contribution is -0.135. The Kier molecular flexibility index (Phi) is 7.14. The topological polar surface area (TPSA) is 68.7 Å². The summed E-state index contributed by atoms with van der Waals surface area (Å²) in [4.78, 5) is 31.7. The van der Waals surface area contributed by atoms with E-state index in [1.54, 1.807) is 18.9 Å². The normalized spacial score (nSPS) is 10.8. The van der Waals surface area contributed by atoms with Gasteiger partial charge >= 0.3 is 5.97 Å². The second kappa shape index (κ2) is 9.98. The van der Waals surface area contributed by atoms with Crippen molar-refractivity contribution in [3.8, 4) is 0 Å². The lowest BCUT2D eigenvalue weighted by Gasteiger charge is -2.22. The van der Waals surface area contributed by atoms with Gasteiger partial charge in [-0.15, -0.1) is 0 Å². The molecule has 0 N–H and O–H groups in total. The van der Waals surface area contributed by atoms with Crippen molar-refractivity contribution in [1.29, 1.82) is 0 Å². The number of fused-ring (bicyclic) bond motifs is 1. The zero-order valence-electron chi connectivity index (χ0n) is 17.6. The molecule has 3 aromatic rings. The molecule has 0 aliphatic carbocycles. The first-order valence-corrected chi connectivity index (χ1v) is 9.85. The molecule has 30 heavy (non-hydrogen) atoms. The molecule has 0 bridgehead atoms. The Balaban J connectivity index is 1.72. The van der Waals surface area contributed by atoms with E-state index in [2.05, 4.69) is 4.98 Å². The Morgan fingerprint density at radius 3 is 2.43 bits per heavy atom. The van der Waals surface area contributed by atoms with Gasteiger partial charge in [0.2, 0.25) is 0 Å². The molecule has 2 aromatic carbocycles. The molecule has 0 atom stereocenters. The number of nitrogens with zero attached hydrogens (tertiary/aromatic N) is 2. The maximum Gasteiger partial charge on any atom is 0.340 e. The van der Waals surface area contributed by atoms with Crippen LogP contribution in [-0.2, 0) is 20.8 Å². The van der Waals surface area contributed by atoms with Gasteiger partial charge in [-0.25, -0.2) is 4.79 Å². The van der Waals surface area contributed by atoms with Crippen LogP contribution in [0.4, 0.5) is 0 Å². The van der Waals surface area contributed by atoms with Gasteiger partial charge in [0.15, 0.2) is 6.61 Å². The fraction of sp³-hybridized carbons (Fsp3) is 0.292. The number of aromatic nitrogens is 1. The molecule has 156 valence electrons. The largest absolute Gasteiger partial charge is 0.452 e. The molecule has 6 heteroatoms. The number of carbonyl (C=O) groups excluding carboxylic acids is 2. The molecule has 0 saturated heterocycles. The molecule has 1 amide bonds. The summed E-state index contributed by atoms with van der Waals surface area (Å²) in [7, 11) is 1.59. The molecule has 3 rings (SSSR count). The van der Waals surface area contributed by atoms with Crippen LogP contribution in [0.25, 0.3) is 10.9 Å². The molecule has 0 aliphatic heterocycles. The van der Waals surface area contributed by atoms with Crippen molar-refractivity contribution in [3.63, 3.8) is 0 Å². The zero-order valence-corrected chi connectivity index (χ0v) is 17.6. The summed E-state index contributed by atoms with van der Waals surface area (Å²) < 4.78 is 10.5. The Morgan fingerprint density at radius 2 is 1.70 bits per heavy atom. The van der Waals surface area contributed by atoms with Gasteiger partial charge in [-0.1, -0.05) is 48.5 Å². The summed E-state index contributed by atoms with van der Waals surface area (Å²) in [5.41, 5.74) is 3.63. The van der Waals surface area contributed by atoms with Crippen LogP contribution in [0, 0.1) is 13.8 Å². The Morgan fingerprint density at radius 1 is 1.00 bits per heavy atom. The summed E-state index contributed by atoms with van der Waals surface area (Å²) in [5, 5.41) is 0.896. The molecule has 0 aliphatic rings. The van der Waals surface area contributed by atoms with Gasteiger partial charge in [-0.05, 0) is 31.0 Å². The minimum Gasteiger partial charge on any atom is -0.452 e. The number of para-hydroxylation sites is 1. The second-order valence-electron chi connectivity index (χ2n) is 7.08. The number of pyridine rings is 1. The van der Waals surface area contributed by atoms with Gasteiger partial charge in [-0.2, -0.15) is 0 Å². The number of methoxy groups -OCH3 is 1. The summed E-state index contributed by atoms with van der Waals surface area (Å²) in [6, 6.07) is 17.3. The lowest BCUT2D eigenvalue weighted by atomic mass is 10.0. The maximum atomic E-state index is 12.8. The number of hydrogen-bond acceptors (Lipinski definition) is 5. The molecule has 1 heterocycles. The first kappa shape index (κ1) is 21.5. The highest BCUT2D eigenvalue weighted by atomic mass is 16.5. The van der Waals surface area contributed by atoms with Crippen LogP contribution in [0.5, 0.6) is 0 Å². The van der Waals surface area contributed by atoms with E-state index in [4.69, 9.17) is 9.47 Å². The van der Waals surface area contributed by atoms with E-state index in [9.17, 15) is 9.59 Å². The Labute approximate surface area is 176 Å². The lowest BCUT2D eigenvalue weighted by Crippen LogP contribution is -2.36. The van der Waals surface area contributed by atoms with Crippen LogP contribution in [0.3, 0.4) is 0 Å². The number of benzene rings is 2. The van der Waals surface area contributed by atoms with Crippen molar-refractivity contribution in [2.75, 3.05) is 26.9 Å². The number of carbonyl (C=O) groups is 2. The molecule has 0 unspecified atom stereocenters. The summed E-state index contributed by atoms with van der Waals surface area (Å²) >= 11 is 0. The fourth-order valence-corrected chi connectivity index (χ4v) is 3.42. The van der Waals surface area contributed by atoms with Crippen LogP contribution in [0.15, 0.2) is 54.6 Å². The molecule has 6 nitrogen and oxygen atoms in total. The fourth-order valence-electron chi connectivity index (χ4n) is 3.42. The van der Waals surface area contributed by atoms with Gasteiger partial charge in [0.05, 0.1) is 23.4 Å². The average molecular weight is 406 g/mol. The minimum absolute atomic E-state index is 0.270. The van der Waals surface area contributed by atoms with E-state index in [0.717, 1.165) is 22.0 Å². The number of aryl methyl sites for hydroxylation is 2. The maximum absolute atomic E-state index is 12.8. The van der Waals surface area contributed by atoms with Crippen LogP contribution >= 0.6 is 0 Å². The SMILES string of the molecule is COCCN(Cc1ccccc1)C(=O)COC(=O)c1c(C)nc2ccccc2c1C. The highest BCUT2D eigenvalue weighted by Gasteiger charge is 2.21. The van der Waals surface area contributed by atoms with Gasteiger partial charge in [0, 0.05) is 25.6 Å². The van der Waals surface area contributed by atoms with Crippen molar-refractivity contribution in [2.24, 2.45) is 0 Å². The zero-order chi connectivity index (χ0) is 21.5. The highest BCUT2D eigenvalue weighted by Crippen LogP contribution is 2.23. The second-order valence-corrected chi connectivity index (χ2v) is 7.08. The molecule has 0 radical (unpaired) electrons. The number of hydrogen-bond donors (Lipinski definition) is 0. The van der Waals surface area contributed by atoms with Crippen molar-refractivity contribution < 1.29 is 19.1 Å². The number of esters is 1. The third-order valence-corrected chi connectivity index (χ3v) is 5.00. The third kappa shape index (κ3) is 5.02. The molecule has 1 aromatic heterocycles. The van der Waals surface area contributed by atoms with Crippen LogP contribution in [0.1, 0.15) is 27.2 Å². The highest BCUT2D eigenvalue weighted by molar-refractivity contribution is 5.99. The third-order valence-electron chi connectivity index (χ3n) is 5.00. The van der Waals surface area contributed by atoms with Crippen molar-refractivity contribution in [1.82, 2.24) is 9.88 Å². The smallest absolute Gasteiger partial charge is 0.340 e. The quantitative estimate of drug-likeness (QED) is 0.534. The van der Waals surface area contributed by atoms with Crippen molar-refractivity contribution in [2.45, 2.75) is 20.4 Å². The molecule has 0 fully saturated rings. The molecule has 0 spiro atoms. The first-order valence-electron chi connectivity index (χ1n) is 9.85. The molecular weight excluding hydrogens is 380 g/mol. The van der Waals surface area contributed by atoms with Crippen LogP contribution in [0.2, 0.25) is 0 Å². The van der Waals surface area contributed by atoms with Gasteiger partial charge < -0.3 is 14.4 Å². The van der Waals surface area contributed by atoms with Crippen molar-refractivity contribution >= 4 is 22.8 Å².